The highest BCUT2D eigenvalue weighted by Gasteiger charge is 2.22. The molecule has 1 N–H and O–H groups in total. The van der Waals surface area contributed by atoms with Crippen LogP contribution in [-0.2, 0) is 11.3 Å². The molecule has 0 aromatic carbocycles. The first-order valence-electron chi connectivity index (χ1n) is 4.74. The smallest absolute Gasteiger partial charge is 0.360 e. The van der Waals surface area contributed by atoms with Gasteiger partial charge in [0.15, 0.2) is 5.69 Å². The van der Waals surface area contributed by atoms with Gasteiger partial charge < -0.3 is 9.84 Å². The third-order valence-corrected chi connectivity index (χ3v) is 2.01. The first-order chi connectivity index (χ1) is 7.11. The molecular weight excluding hydrogens is 198 g/mol. The number of esters is 1. The van der Waals surface area contributed by atoms with Gasteiger partial charge in [-0.05, 0) is 5.92 Å². The van der Waals surface area contributed by atoms with Gasteiger partial charge in [0.2, 0.25) is 0 Å². The van der Waals surface area contributed by atoms with Crippen molar-refractivity contribution in [3.05, 3.63) is 11.4 Å². The second kappa shape index (κ2) is 4.88. The lowest BCUT2D eigenvalue weighted by Crippen LogP contribution is -2.12. The molecule has 0 aliphatic carbocycles. The SMILES string of the molecule is COC(=O)c1nnn(CCO)c1C(C)C. The molecule has 0 atom stereocenters. The fraction of sp³-hybridized carbons (Fsp3) is 0.667. The molecule has 0 saturated carbocycles. The second-order valence-electron chi connectivity index (χ2n) is 3.42. The number of aliphatic hydroxyl groups excluding tert-OH is 1. The van der Waals surface area contributed by atoms with Crippen LogP contribution in [0.5, 0.6) is 0 Å². The van der Waals surface area contributed by atoms with Crippen molar-refractivity contribution in [3.8, 4) is 0 Å². The summed E-state index contributed by atoms with van der Waals surface area (Å²) in [4.78, 5) is 11.4. The molecule has 1 rings (SSSR count). The molecule has 0 fully saturated rings. The Labute approximate surface area is 87.9 Å². The first-order valence-corrected chi connectivity index (χ1v) is 4.74. The Morgan fingerprint density at radius 2 is 2.27 bits per heavy atom. The molecule has 0 aliphatic heterocycles. The van der Waals surface area contributed by atoms with E-state index in [2.05, 4.69) is 15.0 Å². The molecule has 1 aromatic rings. The molecule has 0 bridgehead atoms. The van der Waals surface area contributed by atoms with E-state index in [0.29, 0.717) is 12.2 Å². The molecule has 1 aromatic heterocycles. The Hall–Kier alpha value is -1.43. The van der Waals surface area contributed by atoms with Gasteiger partial charge >= 0.3 is 5.97 Å². The summed E-state index contributed by atoms with van der Waals surface area (Å²) in [5.74, 6) is -0.400. The summed E-state index contributed by atoms with van der Waals surface area (Å²) < 4.78 is 6.13. The third-order valence-electron chi connectivity index (χ3n) is 2.01. The molecular formula is C9H15N3O3. The quantitative estimate of drug-likeness (QED) is 0.722. The largest absolute Gasteiger partial charge is 0.464 e. The van der Waals surface area contributed by atoms with Crippen LogP contribution in [0.25, 0.3) is 0 Å². The maximum atomic E-state index is 11.4. The summed E-state index contributed by atoms with van der Waals surface area (Å²) >= 11 is 0. The Kier molecular flexibility index (Phi) is 3.79. The zero-order valence-corrected chi connectivity index (χ0v) is 9.10. The number of aromatic nitrogens is 3. The standard InChI is InChI=1S/C9H15N3O3/c1-6(2)8-7(9(14)15-3)10-11-12(8)4-5-13/h6,13H,4-5H2,1-3H3. The zero-order valence-electron chi connectivity index (χ0n) is 9.10. The summed E-state index contributed by atoms with van der Waals surface area (Å²) in [7, 11) is 1.30. The molecule has 0 spiro atoms. The maximum Gasteiger partial charge on any atom is 0.360 e. The highest BCUT2D eigenvalue weighted by atomic mass is 16.5. The minimum Gasteiger partial charge on any atom is -0.464 e. The van der Waals surface area contributed by atoms with Crippen molar-refractivity contribution >= 4 is 5.97 Å². The second-order valence-corrected chi connectivity index (χ2v) is 3.42. The molecule has 15 heavy (non-hydrogen) atoms. The summed E-state index contributed by atoms with van der Waals surface area (Å²) in [5.41, 5.74) is 0.914. The van der Waals surface area contributed by atoms with Crippen molar-refractivity contribution in [3.63, 3.8) is 0 Å². The van der Waals surface area contributed by atoms with Gasteiger partial charge in [0.1, 0.15) is 0 Å². The number of carbonyl (C=O) groups excluding carboxylic acids is 1. The number of hydrogen-bond acceptors (Lipinski definition) is 5. The molecule has 1 heterocycles. The molecule has 0 unspecified atom stereocenters. The van der Waals surface area contributed by atoms with E-state index in [1.807, 2.05) is 13.8 Å². The number of aliphatic hydroxyl groups is 1. The topological polar surface area (TPSA) is 77.2 Å². The van der Waals surface area contributed by atoms with Crippen LogP contribution in [0, 0.1) is 0 Å². The van der Waals surface area contributed by atoms with Crippen LogP contribution in [0.15, 0.2) is 0 Å². The van der Waals surface area contributed by atoms with Crippen LogP contribution in [-0.4, -0.2) is 39.8 Å². The molecule has 6 nitrogen and oxygen atoms in total. The van der Waals surface area contributed by atoms with Crippen molar-refractivity contribution < 1.29 is 14.6 Å². The van der Waals surface area contributed by atoms with Crippen molar-refractivity contribution in [1.29, 1.82) is 0 Å². The first kappa shape index (κ1) is 11.6. The lowest BCUT2D eigenvalue weighted by molar-refractivity contribution is 0.0592. The number of rotatable bonds is 4. The van der Waals surface area contributed by atoms with Crippen LogP contribution in [0.2, 0.25) is 0 Å². The average Bonchev–Trinajstić information content (AvgIpc) is 2.61. The summed E-state index contributed by atoms with van der Waals surface area (Å²) in [6.45, 7) is 4.15. The normalized spacial score (nSPS) is 10.7. The molecule has 84 valence electrons. The van der Waals surface area contributed by atoms with Crippen molar-refractivity contribution in [1.82, 2.24) is 15.0 Å². The highest BCUT2D eigenvalue weighted by molar-refractivity contribution is 5.88. The predicted molar refractivity (Wildman–Crippen MR) is 52.5 cm³/mol. The predicted octanol–water partition coefficient (Wildman–Crippen LogP) is 0.180. The molecule has 0 amide bonds. The summed E-state index contributed by atoms with van der Waals surface area (Å²) in [5, 5.41) is 16.4. The van der Waals surface area contributed by atoms with E-state index in [-0.39, 0.29) is 18.2 Å². The van der Waals surface area contributed by atoms with E-state index in [9.17, 15) is 4.79 Å². The lowest BCUT2D eigenvalue weighted by atomic mass is 10.1. The number of hydrogen-bond donors (Lipinski definition) is 1. The van der Waals surface area contributed by atoms with Gasteiger partial charge in [-0.1, -0.05) is 19.1 Å². The summed E-state index contributed by atoms with van der Waals surface area (Å²) in [6.07, 6.45) is 0. The fourth-order valence-electron chi connectivity index (χ4n) is 1.39. The van der Waals surface area contributed by atoms with E-state index in [0.717, 1.165) is 0 Å². The zero-order chi connectivity index (χ0) is 11.4. The van der Waals surface area contributed by atoms with Crippen molar-refractivity contribution in [2.45, 2.75) is 26.3 Å². The average molecular weight is 213 g/mol. The Balaban J connectivity index is 3.11. The fourth-order valence-corrected chi connectivity index (χ4v) is 1.39. The Morgan fingerprint density at radius 1 is 1.60 bits per heavy atom. The van der Waals surface area contributed by atoms with Crippen molar-refractivity contribution in [2.75, 3.05) is 13.7 Å². The van der Waals surface area contributed by atoms with Gasteiger partial charge in [0, 0.05) is 0 Å². The van der Waals surface area contributed by atoms with Gasteiger partial charge in [-0.2, -0.15) is 0 Å². The van der Waals surface area contributed by atoms with E-state index in [1.165, 1.54) is 11.8 Å². The number of ether oxygens (including phenoxy) is 1. The molecule has 0 saturated heterocycles. The summed E-state index contributed by atoms with van der Waals surface area (Å²) in [6, 6.07) is 0. The minimum absolute atomic E-state index is 0.0380. The van der Waals surface area contributed by atoms with Crippen LogP contribution in [0.3, 0.4) is 0 Å². The number of methoxy groups -OCH3 is 1. The van der Waals surface area contributed by atoms with Gasteiger partial charge in [0.25, 0.3) is 0 Å². The van der Waals surface area contributed by atoms with Gasteiger partial charge in [-0.15, -0.1) is 5.10 Å². The monoisotopic (exact) mass is 213 g/mol. The number of nitrogens with zero attached hydrogens (tertiary/aromatic N) is 3. The van der Waals surface area contributed by atoms with Gasteiger partial charge in [0.05, 0.1) is 26.0 Å². The molecule has 6 heteroatoms. The molecule has 0 radical (unpaired) electrons. The Bertz CT molecular complexity index is 346. The molecule has 0 aliphatic rings. The van der Waals surface area contributed by atoms with Crippen LogP contribution < -0.4 is 0 Å². The van der Waals surface area contributed by atoms with Gasteiger partial charge in [-0.3, -0.25) is 0 Å². The van der Waals surface area contributed by atoms with Crippen LogP contribution in [0.1, 0.15) is 35.9 Å². The minimum atomic E-state index is -0.497. The maximum absolute atomic E-state index is 11.4. The van der Waals surface area contributed by atoms with E-state index in [4.69, 9.17) is 5.11 Å². The lowest BCUT2D eigenvalue weighted by Gasteiger charge is -2.08. The van der Waals surface area contributed by atoms with Crippen molar-refractivity contribution in [2.24, 2.45) is 0 Å². The highest BCUT2D eigenvalue weighted by Crippen LogP contribution is 2.17. The van der Waals surface area contributed by atoms with Crippen LogP contribution in [0.4, 0.5) is 0 Å². The van der Waals surface area contributed by atoms with Gasteiger partial charge in [-0.25, -0.2) is 9.48 Å². The third kappa shape index (κ3) is 2.33. The van der Waals surface area contributed by atoms with E-state index in [1.54, 1.807) is 0 Å². The number of carbonyl (C=O) groups is 1. The van der Waals surface area contributed by atoms with E-state index < -0.39 is 5.97 Å². The van der Waals surface area contributed by atoms with Crippen LogP contribution >= 0.6 is 0 Å². The van der Waals surface area contributed by atoms with E-state index >= 15 is 0 Å². The Morgan fingerprint density at radius 3 is 2.73 bits per heavy atom.